The lowest BCUT2D eigenvalue weighted by Crippen LogP contribution is -2.04. The first-order valence-corrected chi connectivity index (χ1v) is 5.67. The minimum atomic E-state index is -4.37. The van der Waals surface area contributed by atoms with Gasteiger partial charge in [-0.15, -0.1) is 0 Å². The number of rotatable bonds is 1. The highest BCUT2D eigenvalue weighted by Gasteiger charge is 2.30. The average Bonchev–Trinajstić information content (AvgIpc) is 2.38. The molecule has 0 N–H and O–H groups in total. The minimum absolute atomic E-state index is 0.365. The highest BCUT2D eigenvalue weighted by atomic mass is 35.5. The zero-order valence-corrected chi connectivity index (χ0v) is 10.3. The predicted molar refractivity (Wildman–Crippen MR) is 66.6 cm³/mol. The normalized spacial score (nSPS) is 11.1. The zero-order valence-electron chi connectivity index (χ0n) is 9.50. The number of alkyl halides is 3. The third kappa shape index (κ3) is 2.88. The molecule has 0 spiro atoms. The fourth-order valence-electron chi connectivity index (χ4n) is 1.69. The average molecular weight is 282 g/mol. The van der Waals surface area contributed by atoms with Gasteiger partial charge in [0.15, 0.2) is 0 Å². The molecular formula is C14H7ClF3N. The summed E-state index contributed by atoms with van der Waals surface area (Å²) in [4.78, 5) is 0. The van der Waals surface area contributed by atoms with Gasteiger partial charge < -0.3 is 0 Å². The molecule has 0 fully saturated rings. The molecule has 2 aromatic rings. The second-order valence-corrected chi connectivity index (χ2v) is 4.31. The summed E-state index contributed by atoms with van der Waals surface area (Å²) in [5, 5.41) is 9.41. The van der Waals surface area contributed by atoms with Crippen LogP contribution in [0.3, 0.4) is 0 Å². The number of benzene rings is 2. The van der Waals surface area contributed by atoms with E-state index in [-0.39, 0.29) is 0 Å². The summed E-state index contributed by atoms with van der Waals surface area (Å²) >= 11 is 5.84. The molecule has 0 radical (unpaired) electrons. The van der Waals surface area contributed by atoms with Gasteiger partial charge in [-0.2, -0.15) is 18.4 Å². The summed E-state index contributed by atoms with van der Waals surface area (Å²) in [5.74, 6) is 0. The van der Waals surface area contributed by atoms with Crippen molar-refractivity contribution in [2.45, 2.75) is 6.18 Å². The Labute approximate surface area is 112 Å². The van der Waals surface area contributed by atoms with Crippen LogP contribution in [0.1, 0.15) is 11.1 Å². The van der Waals surface area contributed by atoms with Crippen LogP contribution in [0.4, 0.5) is 13.2 Å². The monoisotopic (exact) mass is 281 g/mol. The molecule has 0 saturated carbocycles. The summed E-state index contributed by atoms with van der Waals surface area (Å²) in [6.07, 6.45) is -4.37. The second-order valence-electron chi connectivity index (χ2n) is 3.88. The highest BCUT2D eigenvalue weighted by Crippen LogP contribution is 2.32. The molecule has 0 aliphatic carbocycles. The van der Waals surface area contributed by atoms with Crippen LogP contribution in [0.25, 0.3) is 11.1 Å². The topological polar surface area (TPSA) is 23.8 Å². The smallest absolute Gasteiger partial charge is 0.192 e. The summed E-state index contributed by atoms with van der Waals surface area (Å²) in [6, 6.07) is 11.3. The molecule has 1 nitrogen and oxygen atoms in total. The lowest BCUT2D eigenvalue weighted by atomic mass is 9.99. The third-order valence-electron chi connectivity index (χ3n) is 2.63. The largest absolute Gasteiger partial charge is 0.416 e. The van der Waals surface area contributed by atoms with Gasteiger partial charge in [-0.05, 0) is 35.9 Å². The fraction of sp³-hybridized carbons (Fsp3) is 0.0714. The Morgan fingerprint density at radius 1 is 1.00 bits per heavy atom. The molecule has 0 unspecified atom stereocenters. The van der Waals surface area contributed by atoms with Crippen LogP contribution in [0.15, 0.2) is 42.5 Å². The van der Waals surface area contributed by atoms with Crippen molar-refractivity contribution < 1.29 is 13.2 Å². The van der Waals surface area contributed by atoms with Crippen LogP contribution < -0.4 is 0 Å². The van der Waals surface area contributed by atoms with Crippen molar-refractivity contribution in [3.63, 3.8) is 0 Å². The van der Waals surface area contributed by atoms with Crippen LogP contribution >= 0.6 is 11.6 Å². The van der Waals surface area contributed by atoms with E-state index in [1.54, 1.807) is 12.1 Å². The van der Waals surface area contributed by atoms with Crippen molar-refractivity contribution in [1.29, 1.82) is 5.26 Å². The van der Waals surface area contributed by atoms with Gasteiger partial charge in [-0.3, -0.25) is 0 Å². The predicted octanol–water partition coefficient (Wildman–Crippen LogP) is 4.90. The van der Waals surface area contributed by atoms with E-state index in [0.717, 1.165) is 12.1 Å². The first-order valence-electron chi connectivity index (χ1n) is 5.29. The van der Waals surface area contributed by atoms with E-state index in [1.165, 1.54) is 18.2 Å². The number of nitrogens with zero attached hydrogens (tertiary/aromatic N) is 1. The van der Waals surface area contributed by atoms with Gasteiger partial charge in [0.1, 0.15) is 0 Å². The Morgan fingerprint density at radius 3 is 2.16 bits per heavy atom. The van der Waals surface area contributed by atoms with E-state index in [0.29, 0.717) is 21.7 Å². The van der Waals surface area contributed by atoms with Crippen molar-refractivity contribution in [2.24, 2.45) is 0 Å². The molecule has 0 aliphatic heterocycles. The van der Waals surface area contributed by atoms with E-state index in [4.69, 9.17) is 16.9 Å². The Balaban J connectivity index is 2.49. The first kappa shape index (κ1) is 13.4. The SMILES string of the molecule is N#Cc1ccc(Cl)cc1-c1ccc(C(F)(F)F)cc1. The minimum Gasteiger partial charge on any atom is -0.192 e. The zero-order chi connectivity index (χ0) is 14.0. The second kappa shape index (κ2) is 4.94. The molecule has 19 heavy (non-hydrogen) atoms. The van der Waals surface area contributed by atoms with Crippen LogP contribution in [0, 0.1) is 11.3 Å². The van der Waals surface area contributed by atoms with Gasteiger partial charge in [-0.25, -0.2) is 0 Å². The molecule has 0 aliphatic rings. The van der Waals surface area contributed by atoms with E-state index >= 15 is 0 Å². The molecule has 2 aromatic carbocycles. The van der Waals surface area contributed by atoms with E-state index in [2.05, 4.69) is 0 Å². The van der Waals surface area contributed by atoms with Gasteiger partial charge in [0.2, 0.25) is 0 Å². The molecule has 2 rings (SSSR count). The maximum absolute atomic E-state index is 12.5. The van der Waals surface area contributed by atoms with Crippen LogP contribution in [-0.2, 0) is 6.18 Å². The molecule has 96 valence electrons. The van der Waals surface area contributed by atoms with Gasteiger partial charge in [-0.1, -0.05) is 23.7 Å². The molecule has 0 atom stereocenters. The van der Waals surface area contributed by atoms with E-state index in [9.17, 15) is 13.2 Å². The highest BCUT2D eigenvalue weighted by molar-refractivity contribution is 6.30. The first-order chi connectivity index (χ1) is 8.91. The maximum atomic E-state index is 12.5. The summed E-state index contributed by atoms with van der Waals surface area (Å²) < 4.78 is 37.4. The maximum Gasteiger partial charge on any atom is 0.416 e. The standard InChI is InChI=1S/C14H7ClF3N/c15-12-6-3-10(8-19)13(7-12)9-1-4-11(5-2-9)14(16,17)18/h1-7H. The van der Waals surface area contributed by atoms with Gasteiger partial charge >= 0.3 is 6.18 Å². The Morgan fingerprint density at radius 2 is 1.63 bits per heavy atom. The van der Waals surface area contributed by atoms with Gasteiger partial charge in [0.25, 0.3) is 0 Å². The third-order valence-corrected chi connectivity index (χ3v) is 2.86. The van der Waals surface area contributed by atoms with Crippen molar-refractivity contribution in [3.05, 3.63) is 58.6 Å². The van der Waals surface area contributed by atoms with Crippen LogP contribution in [-0.4, -0.2) is 0 Å². The lowest BCUT2D eigenvalue weighted by Gasteiger charge is -2.09. The number of nitriles is 1. The molecule has 0 aromatic heterocycles. The summed E-state index contributed by atoms with van der Waals surface area (Å²) in [6.45, 7) is 0. The van der Waals surface area contributed by atoms with Crippen LogP contribution in [0.2, 0.25) is 5.02 Å². The van der Waals surface area contributed by atoms with E-state index < -0.39 is 11.7 Å². The number of hydrogen-bond acceptors (Lipinski definition) is 1. The summed E-state index contributed by atoms with van der Waals surface area (Å²) in [5.41, 5.74) is 0.678. The Kier molecular flexibility index (Phi) is 3.50. The fourth-order valence-corrected chi connectivity index (χ4v) is 1.86. The summed E-state index contributed by atoms with van der Waals surface area (Å²) in [7, 11) is 0. The van der Waals surface area contributed by atoms with Crippen LogP contribution in [0.5, 0.6) is 0 Å². The van der Waals surface area contributed by atoms with Crippen molar-refractivity contribution in [3.8, 4) is 17.2 Å². The lowest BCUT2D eigenvalue weighted by molar-refractivity contribution is -0.137. The number of halogens is 4. The van der Waals surface area contributed by atoms with E-state index in [1.807, 2.05) is 6.07 Å². The molecule has 0 heterocycles. The number of hydrogen-bond donors (Lipinski definition) is 0. The molecule has 0 amide bonds. The molecule has 0 bridgehead atoms. The van der Waals surface area contributed by atoms with Crippen molar-refractivity contribution >= 4 is 11.6 Å². The molecule has 5 heteroatoms. The van der Waals surface area contributed by atoms with Crippen molar-refractivity contribution in [1.82, 2.24) is 0 Å². The molecular weight excluding hydrogens is 275 g/mol. The Bertz CT molecular complexity index is 639. The molecule has 0 saturated heterocycles. The Hall–Kier alpha value is -1.99. The van der Waals surface area contributed by atoms with Crippen molar-refractivity contribution in [2.75, 3.05) is 0 Å². The van der Waals surface area contributed by atoms with Gasteiger partial charge in [0.05, 0.1) is 17.2 Å². The van der Waals surface area contributed by atoms with Gasteiger partial charge in [0, 0.05) is 10.6 Å². The quantitative estimate of drug-likeness (QED) is 0.729.